The highest BCUT2D eigenvalue weighted by Crippen LogP contribution is 2.44. The molecular formula is C50H59N5O13S2. The summed E-state index contributed by atoms with van der Waals surface area (Å²) >= 11 is 0. The van der Waals surface area contributed by atoms with Crippen LogP contribution >= 0.6 is 0 Å². The molecule has 0 atom stereocenters. The van der Waals surface area contributed by atoms with Gasteiger partial charge in [-0.3, -0.25) is 14.3 Å². The molecule has 2 heterocycles. The van der Waals surface area contributed by atoms with Gasteiger partial charge < -0.3 is 34.6 Å². The second-order valence-corrected chi connectivity index (χ2v) is 22.2. The number of amides is 3. The number of hydrogen-bond donors (Lipinski definition) is 4. The molecule has 18 nitrogen and oxygen atoms in total. The average Bonchev–Trinajstić information content (AvgIpc) is 3.28. The Balaban J connectivity index is 1.30. The van der Waals surface area contributed by atoms with Crippen LogP contribution in [0.25, 0.3) is 11.0 Å². The number of nitrogens with zero attached hydrogens (tertiary/aromatic N) is 1. The fourth-order valence-electron chi connectivity index (χ4n) is 7.67. The molecule has 0 radical (unpaired) electrons. The van der Waals surface area contributed by atoms with E-state index < -0.39 is 71.5 Å². The van der Waals surface area contributed by atoms with Crippen molar-refractivity contribution in [3.8, 4) is 5.75 Å². The van der Waals surface area contributed by atoms with E-state index in [4.69, 9.17) is 18.6 Å². The van der Waals surface area contributed by atoms with Gasteiger partial charge in [0.05, 0.1) is 39.8 Å². The second kappa shape index (κ2) is 20.3. The lowest BCUT2D eigenvalue weighted by molar-refractivity contribution is -0.181. The first-order chi connectivity index (χ1) is 32.8. The van der Waals surface area contributed by atoms with Crippen molar-refractivity contribution in [2.45, 2.75) is 108 Å². The van der Waals surface area contributed by atoms with Crippen LogP contribution in [0.5, 0.6) is 5.75 Å². The van der Waals surface area contributed by atoms with Gasteiger partial charge in [-0.05, 0) is 102 Å². The number of aryl methyl sites for hydroxylation is 1. The fraction of sp³-hybridized carbons (Fsp3) is 0.380. The van der Waals surface area contributed by atoms with Crippen molar-refractivity contribution in [3.63, 3.8) is 0 Å². The molecule has 3 amide bonds. The van der Waals surface area contributed by atoms with Crippen LogP contribution in [0.3, 0.4) is 0 Å². The van der Waals surface area contributed by atoms with E-state index in [0.29, 0.717) is 11.1 Å². The first kappa shape index (κ1) is 52.6. The van der Waals surface area contributed by atoms with E-state index in [0.717, 1.165) is 11.6 Å². The molecule has 1 aliphatic rings. The summed E-state index contributed by atoms with van der Waals surface area (Å²) in [6.07, 6.45) is 0.0285. The van der Waals surface area contributed by atoms with Crippen LogP contribution in [0.15, 0.2) is 97.9 Å². The van der Waals surface area contributed by atoms with Crippen molar-refractivity contribution in [1.82, 2.24) is 4.31 Å². The van der Waals surface area contributed by atoms with E-state index in [2.05, 4.69) is 20.7 Å². The van der Waals surface area contributed by atoms with Crippen LogP contribution < -0.4 is 30.8 Å². The first-order valence-corrected chi connectivity index (χ1v) is 25.7. The molecule has 6 rings (SSSR count). The van der Waals surface area contributed by atoms with Gasteiger partial charge in [0.15, 0.2) is 16.8 Å². The third-order valence-electron chi connectivity index (χ3n) is 11.5. The number of fused-ring (bicyclic) bond motifs is 2. The summed E-state index contributed by atoms with van der Waals surface area (Å²) in [6.45, 7) is 18.5. The molecule has 70 heavy (non-hydrogen) atoms. The molecule has 4 aromatic carbocycles. The van der Waals surface area contributed by atoms with E-state index >= 15 is 0 Å². The molecule has 0 fully saturated rings. The third-order valence-corrected chi connectivity index (χ3v) is 14.9. The Kier molecular flexibility index (Phi) is 15.2. The Bertz CT molecular complexity index is 3130. The molecule has 0 bridgehead atoms. The smallest absolute Gasteiger partial charge is 0.362 e. The highest BCUT2D eigenvalue weighted by atomic mass is 32.2. The van der Waals surface area contributed by atoms with Gasteiger partial charge >= 0.3 is 23.6 Å². The zero-order valence-corrected chi connectivity index (χ0v) is 42.5. The summed E-state index contributed by atoms with van der Waals surface area (Å²) in [7, 11) is -8.35. The molecule has 1 aliphatic heterocycles. The number of carbonyl (C=O) groups excluding carboxylic acids is 4. The van der Waals surface area contributed by atoms with Crippen LogP contribution in [0.2, 0.25) is 0 Å². The quantitative estimate of drug-likeness (QED) is 0.0570. The number of ether oxygens (including phenoxy) is 3. The van der Waals surface area contributed by atoms with E-state index in [1.54, 1.807) is 45.9 Å². The predicted molar refractivity (Wildman–Crippen MR) is 266 cm³/mol. The lowest BCUT2D eigenvalue weighted by atomic mass is 9.83. The number of esters is 2. The van der Waals surface area contributed by atoms with Crippen molar-refractivity contribution in [2.75, 3.05) is 47.0 Å². The molecule has 0 unspecified atom stereocenters. The van der Waals surface area contributed by atoms with Crippen molar-refractivity contribution < 1.29 is 54.6 Å². The molecule has 374 valence electrons. The molecular weight excluding hydrogens is 943 g/mol. The zero-order valence-electron chi connectivity index (χ0n) is 40.8. The van der Waals surface area contributed by atoms with E-state index in [1.807, 2.05) is 47.6 Å². The molecule has 4 N–H and O–H groups in total. The summed E-state index contributed by atoms with van der Waals surface area (Å²) in [5.74, 6) is -3.29. The largest absolute Gasteiger partial charge is 0.463 e. The zero-order chi connectivity index (χ0) is 51.6. The normalized spacial score (nSPS) is 13.7. The summed E-state index contributed by atoms with van der Waals surface area (Å²) in [5.41, 5.74) is -1.91. The first-order valence-electron chi connectivity index (χ1n) is 22.7. The lowest BCUT2D eigenvalue weighted by Gasteiger charge is -2.36. The third kappa shape index (κ3) is 11.1. The van der Waals surface area contributed by atoms with Gasteiger partial charge in [0.2, 0.25) is 10.0 Å². The van der Waals surface area contributed by atoms with Gasteiger partial charge in [-0.1, -0.05) is 73.6 Å². The summed E-state index contributed by atoms with van der Waals surface area (Å²) < 4.78 is 81.4. The minimum Gasteiger partial charge on any atom is -0.463 e. The fourth-order valence-corrected chi connectivity index (χ4v) is 10.3. The van der Waals surface area contributed by atoms with Crippen molar-refractivity contribution >= 4 is 77.6 Å². The van der Waals surface area contributed by atoms with Crippen LogP contribution in [-0.4, -0.2) is 76.9 Å². The lowest BCUT2D eigenvalue weighted by Crippen LogP contribution is -2.55. The van der Waals surface area contributed by atoms with Crippen LogP contribution in [0.1, 0.15) is 103 Å². The van der Waals surface area contributed by atoms with Gasteiger partial charge in [-0.2, -0.15) is 4.31 Å². The molecule has 0 aliphatic carbocycles. The summed E-state index contributed by atoms with van der Waals surface area (Å²) in [6, 6.07) is 17.8. The number of rotatable bonds is 15. The number of sulfonamides is 2. The van der Waals surface area contributed by atoms with Crippen molar-refractivity contribution in [2.24, 2.45) is 0 Å². The maximum absolute atomic E-state index is 14.3. The SMILES string of the molecule is CCOC(=O)C1(C(=O)OCC)CCc2cc(C(C)(C)C)cc(NS(=O)(=O)c3cccc(NC(=O)Nc4cc(C(C)(C)C)cc5c(=O)cc(C(=O)Nc6cccc(S(=O)(=O)N(CC)CC)c6)oc45)c3)c2O1. The van der Waals surface area contributed by atoms with Gasteiger partial charge in [-0.25, -0.2) is 31.2 Å². The Labute approximate surface area is 407 Å². The molecule has 0 spiro atoms. The molecule has 5 aromatic rings. The van der Waals surface area contributed by atoms with Crippen molar-refractivity contribution in [1.29, 1.82) is 0 Å². The van der Waals surface area contributed by atoms with E-state index in [1.165, 1.54) is 52.8 Å². The predicted octanol–water partition coefficient (Wildman–Crippen LogP) is 8.31. The monoisotopic (exact) mass is 1000 g/mol. The Morgan fingerprint density at radius 2 is 1.26 bits per heavy atom. The van der Waals surface area contributed by atoms with Crippen LogP contribution in [-0.2, 0) is 56.4 Å². The minimum absolute atomic E-state index is 0.00893. The van der Waals surface area contributed by atoms with Crippen molar-refractivity contribution in [3.05, 3.63) is 112 Å². The van der Waals surface area contributed by atoms with Gasteiger partial charge in [0.25, 0.3) is 15.9 Å². The number of benzene rings is 4. The molecule has 20 heteroatoms. The second-order valence-electron chi connectivity index (χ2n) is 18.5. The summed E-state index contributed by atoms with van der Waals surface area (Å²) in [5, 5.41) is 7.96. The number of hydrogen-bond acceptors (Lipinski definition) is 13. The highest BCUT2D eigenvalue weighted by Gasteiger charge is 2.54. The molecule has 1 aromatic heterocycles. The Hall–Kier alpha value is -6.77. The van der Waals surface area contributed by atoms with Crippen LogP contribution in [0.4, 0.5) is 27.5 Å². The Morgan fingerprint density at radius 1 is 0.700 bits per heavy atom. The van der Waals surface area contributed by atoms with E-state index in [9.17, 15) is 40.8 Å². The Morgan fingerprint density at radius 3 is 1.84 bits per heavy atom. The van der Waals surface area contributed by atoms with Gasteiger partial charge in [0.1, 0.15) is 5.75 Å². The molecule has 0 saturated carbocycles. The number of nitrogens with one attached hydrogen (secondary N) is 4. The van der Waals surface area contributed by atoms with Gasteiger partial charge in [-0.15, -0.1) is 0 Å². The number of carbonyl (C=O) groups is 4. The van der Waals surface area contributed by atoms with Gasteiger partial charge in [0, 0.05) is 37.0 Å². The average molecular weight is 1000 g/mol. The topological polar surface area (TPSA) is 246 Å². The van der Waals surface area contributed by atoms with Crippen LogP contribution in [0, 0.1) is 0 Å². The number of urea groups is 1. The minimum atomic E-state index is -4.49. The maximum atomic E-state index is 14.3. The highest BCUT2D eigenvalue weighted by molar-refractivity contribution is 7.92. The van der Waals surface area contributed by atoms with E-state index in [-0.39, 0.29) is 88.4 Å². The molecule has 0 saturated heterocycles. The maximum Gasteiger partial charge on any atom is 0.362 e. The summed E-state index contributed by atoms with van der Waals surface area (Å²) in [4.78, 5) is 67.5. The standard InChI is InChI=1S/C50H59N5O13S2/c1-11-55(12-2)70(63,64)36-20-16-17-33(28-36)51-44(57)41-29-40(56)37-24-32(49(8,9)10)25-38(43(37)67-41)53-47(60)52-34-18-15-19-35(27-34)69(61,62)54-39-26-31(48(5,6)7)23-30-21-22-50(68-42(30)39,45(58)65-13-3)46(59)66-14-4/h15-20,23-29,54H,11-14,21-22H2,1-10H3,(H,51,57)(H2,52,53,60). The number of anilines is 4.